The predicted octanol–water partition coefficient (Wildman–Crippen LogP) is 2.63. The summed E-state index contributed by atoms with van der Waals surface area (Å²) in [6.45, 7) is 0.683. The molecule has 0 bridgehead atoms. The second-order valence-corrected chi connectivity index (χ2v) is 6.74. The quantitative estimate of drug-likeness (QED) is 0.917. The Kier molecular flexibility index (Phi) is 3.71. The van der Waals surface area contributed by atoms with Gasteiger partial charge in [0.25, 0.3) is 0 Å². The fraction of sp³-hybridized carbons (Fsp3) is 0.300. The van der Waals surface area contributed by atoms with Gasteiger partial charge in [-0.25, -0.2) is 4.79 Å². The summed E-state index contributed by atoms with van der Waals surface area (Å²) >= 11 is 0. The number of hydrogen-bond acceptors (Lipinski definition) is 2. The van der Waals surface area contributed by atoms with Gasteiger partial charge in [0.05, 0.1) is 6.04 Å². The summed E-state index contributed by atoms with van der Waals surface area (Å²) in [5.74, 6) is -0.0195. The number of benzene rings is 2. The van der Waals surface area contributed by atoms with E-state index in [4.69, 9.17) is 0 Å². The predicted molar refractivity (Wildman–Crippen MR) is 96.1 cm³/mol. The first kappa shape index (κ1) is 15.7. The lowest BCUT2D eigenvalue weighted by Crippen LogP contribution is -2.47. The van der Waals surface area contributed by atoms with Crippen LogP contribution in [-0.4, -0.2) is 48.4 Å². The minimum Gasteiger partial charge on any atom is -0.344 e. The monoisotopic (exact) mass is 335 g/mol. The van der Waals surface area contributed by atoms with E-state index in [1.54, 1.807) is 23.9 Å². The molecule has 0 radical (unpaired) electrons. The van der Waals surface area contributed by atoms with Crippen LogP contribution in [0.15, 0.2) is 48.5 Å². The molecule has 4 rings (SSSR count). The van der Waals surface area contributed by atoms with E-state index in [1.165, 1.54) is 11.1 Å². The average Bonchev–Trinajstić information content (AvgIpc) is 3.13. The summed E-state index contributed by atoms with van der Waals surface area (Å²) in [5, 5.41) is 2.89. The number of rotatable bonds is 2. The van der Waals surface area contributed by atoms with Crippen molar-refractivity contribution in [2.75, 3.05) is 20.6 Å². The van der Waals surface area contributed by atoms with Gasteiger partial charge in [-0.1, -0.05) is 48.5 Å². The van der Waals surface area contributed by atoms with Crippen LogP contribution in [-0.2, 0) is 4.79 Å². The third kappa shape index (κ3) is 2.47. The van der Waals surface area contributed by atoms with E-state index in [-0.39, 0.29) is 18.0 Å². The van der Waals surface area contributed by atoms with Crippen molar-refractivity contribution in [3.05, 3.63) is 59.7 Å². The van der Waals surface area contributed by atoms with Crippen LogP contribution in [0, 0.1) is 0 Å². The van der Waals surface area contributed by atoms with Gasteiger partial charge >= 0.3 is 6.03 Å². The van der Waals surface area contributed by atoms with Crippen LogP contribution >= 0.6 is 0 Å². The molecule has 1 atom stereocenters. The Labute approximate surface area is 147 Å². The van der Waals surface area contributed by atoms with Gasteiger partial charge in [0.15, 0.2) is 0 Å². The van der Waals surface area contributed by atoms with Crippen LogP contribution in [0.1, 0.15) is 23.6 Å². The molecule has 0 spiro atoms. The molecule has 3 amide bonds. The minimum atomic E-state index is -0.424. The molecule has 1 aliphatic heterocycles. The maximum absolute atomic E-state index is 12.8. The number of hydrogen-bond donors (Lipinski definition) is 1. The molecule has 2 aliphatic rings. The molecule has 2 aromatic carbocycles. The summed E-state index contributed by atoms with van der Waals surface area (Å²) in [4.78, 5) is 28.2. The number of fused-ring (bicyclic) bond motifs is 3. The molecular formula is C20H21N3O2. The van der Waals surface area contributed by atoms with Gasteiger partial charge in [0, 0.05) is 20.6 Å². The molecule has 0 saturated carbocycles. The van der Waals surface area contributed by atoms with Crippen molar-refractivity contribution in [3.8, 4) is 11.1 Å². The van der Waals surface area contributed by atoms with E-state index < -0.39 is 6.04 Å². The Morgan fingerprint density at radius 3 is 2.16 bits per heavy atom. The molecule has 5 heteroatoms. The minimum absolute atomic E-state index is 0.0195. The van der Waals surface area contributed by atoms with Gasteiger partial charge in [0.2, 0.25) is 5.91 Å². The summed E-state index contributed by atoms with van der Waals surface area (Å²) in [7, 11) is 3.56. The second-order valence-electron chi connectivity index (χ2n) is 6.74. The SMILES string of the molecule is CN1CC[C@H](NC(=O)N(C)C2c3ccccc3-c3ccccc32)C1=O. The van der Waals surface area contributed by atoms with E-state index in [2.05, 4.69) is 29.6 Å². The van der Waals surface area contributed by atoms with E-state index in [0.29, 0.717) is 13.0 Å². The molecule has 1 N–H and O–H groups in total. The molecule has 1 aliphatic carbocycles. The number of carbonyl (C=O) groups excluding carboxylic acids is 2. The van der Waals surface area contributed by atoms with Crippen molar-refractivity contribution in [1.82, 2.24) is 15.1 Å². The van der Waals surface area contributed by atoms with E-state index >= 15 is 0 Å². The summed E-state index contributed by atoms with van der Waals surface area (Å²) in [6, 6.07) is 15.6. The van der Waals surface area contributed by atoms with Crippen molar-refractivity contribution in [1.29, 1.82) is 0 Å². The van der Waals surface area contributed by atoms with Gasteiger partial charge in [0.1, 0.15) is 6.04 Å². The van der Waals surface area contributed by atoms with Crippen LogP contribution in [0.25, 0.3) is 11.1 Å². The van der Waals surface area contributed by atoms with E-state index in [1.807, 2.05) is 24.3 Å². The number of nitrogens with zero attached hydrogens (tertiary/aromatic N) is 2. The largest absolute Gasteiger partial charge is 0.344 e. The lowest BCUT2D eigenvalue weighted by atomic mass is 10.0. The van der Waals surface area contributed by atoms with Crippen molar-refractivity contribution in [3.63, 3.8) is 0 Å². The molecule has 0 unspecified atom stereocenters. The number of amides is 3. The summed E-state index contributed by atoms with van der Waals surface area (Å²) in [6.07, 6.45) is 0.659. The Hall–Kier alpha value is -2.82. The Morgan fingerprint density at radius 1 is 1.08 bits per heavy atom. The van der Waals surface area contributed by atoms with Crippen LogP contribution in [0.5, 0.6) is 0 Å². The van der Waals surface area contributed by atoms with Gasteiger partial charge in [-0.2, -0.15) is 0 Å². The van der Waals surface area contributed by atoms with Crippen LogP contribution < -0.4 is 5.32 Å². The highest BCUT2D eigenvalue weighted by molar-refractivity contribution is 5.89. The number of likely N-dealkylation sites (tertiary alicyclic amines) is 1. The zero-order chi connectivity index (χ0) is 17.6. The second kappa shape index (κ2) is 5.92. The zero-order valence-corrected chi connectivity index (χ0v) is 14.4. The molecular weight excluding hydrogens is 314 g/mol. The highest BCUT2D eigenvalue weighted by atomic mass is 16.2. The topological polar surface area (TPSA) is 52.7 Å². The molecule has 1 fully saturated rings. The lowest BCUT2D eigenvalue weighted by molar-refractivity contribution is -0.128. The van der Waals surface area contributed by atoms with Crippen LogP contribution in [0.4, 0.5) is 4.79 Å². The van der Waals surface area contributed by atoms with Crippen LogP contribution in [0.3, 0.4) is 0 Å². The molecule has 2 aromatic rings. The molecule has 128 valence electrons. The van der Waals surface area contributed by atoms with Crippen molar-refractivity contribution in [2.24, 2.45) is 0 Å². The van der Waals surface area contributed by atoms with E-state index in [0.717, 1.165) is 11.1 Å². The highest BCUT2D eigenvalue weighted by Gasteiger charge is 2.36. The van der Waals surface area contributed by atoms with Crippen molar-refractivity contribution in [2.45, 2.75) is 18.5 Å². The number of carbonyl (C=O) groups is 2. The van der Waals surface area contributed by atoms with Crippen molar-refractivity contribution >= 4 is 11.9 Å². The standard InChI is InChI=1S/C20H21N3O2/c1-22-12-11-17(19(22)24)21-20(25)23(2)18-15-9-5-3-7-13(15)14-8-4-6-10-16(14)18/h3-10,17-18H,11-12H2,1-2H3,(H,21,25)/t17-/m0/s1. The number of urea groups is 1. The third-order valence-electron chi connectivity index (χ3n) is 5.23. The Morgan fingerprint density at radius 2 is 1.64 bits per heavy atom. The van der Waals surface area contributed by atoms with Gasteiger partial charge in [-0.3, -0.25) is 4.79 Å². The molecule has 0 aromatic heterocycles. The fourth-order valence-corrected chi connectivity index (χ4v) is 3.87. The Bertz CT molecular complexity index is 803. The normalized spacial score (nSPS) is 18.9. The first-order valence-corrected chi connectivity index (χ1v) is 8.54. The number of nitrogens with one attached hydrogen (secondary N) is 1. The van der Waals surface area contributed by atoms with Crippen LogP contribution in [0.2, 0.25) is 0 Å². The molecule has 5 nitrogen and oxygen atoms in total. The first-order valence-electron chi connectivity index (χ1n) is 8.54. The summed E-state index contributed by atoms with van der Waals surface area (Å²) < 4.78 is 0. The fourth-order valence-electron chi connectivity index (χ4n) is 3.87. The third-order valence-corrected chi connectivity index (χ3v) is 5.23. The lowest BCUT2D eigenvalue weighted by Gasteiger charge is -2.28. The number of likely N-dealkylation sites (N-methyl/N-ethyl adjacent to an activating group) is 1. The van der Waals surface area contributed by atoms with Crippen molar-refractivity contribution < 1.29 is 9.59 Å². The first-order chi connectivity index (χ1) is 12.1. The maximum Gasteiger partial charge on any atom is 0.318 e. The summed E-state index contributed by atoms with van der Waals surface area (Å²) in [5.41, 5.74) is 4.58. The van der Waals surface area contributed by atoms with Gasteiger partial charge in [-0.05, 0) is 28.7 Å². The molecule has 1 heterocycles. The smallest absolute Gasteiger partial charge is 0.318 e. The van der Waals surface area contributed by atoms with E-state index in [9.17, 15) is 9.59 Å². The Balaban J connectivity index is 1.63. The van der Waals surface area contributed by atoms with Gasteiger partial charge < -0.3 is 15.1 Å². The zero-order valence-electron chi connectivity index (χ0n) is 14.4. The maximum atomic E-state index is 12.8. The van der Waals surface area contributed by atoms with Gasteiger partial charge in [-0.15, -0.1) is 0 Å². The molecule has 25 heavy (non-hydrogen) atoms. The highest BCUT2D eigenvalue weighted by Crippen LogP contribution is 2.45. The molecule has 1 saturated heterocycles. The average molecular weight is 335 g/mol.